The molecule has 0 radical (unpaired) electrons. The first-order valence-electron chi connectivity index (χ1n) is 3.93. The molecule has 4 nitrogen and oxygen atoms in total. The first-order chi connectivity index (χ1) is 6.52. The fourth-order valence-corrected chi connectivity index (χ4v) is 1.26. The molecule has 0 aliphatic heterocycles. The summed E-state index contributed by atoms with van der Waals surface area (Å²) in [6.07, 6.45) is -2.85. The van der Waals surface area contributed by atoms with Gasteiger partial charge in [-0.2, -0.15) is 0 Å². The Hall–Kier alpha value is -0.910. The van der Waals surface area contributed by atoms with Crippen molar-refractivity contribution in [1.29, 1.82) is 0 Å². The molecule has 0 spiro atoms. The lowest BCUT2D eigenvalue weighted by Gasteiger charge is -2.14. The molecule has 0 bridgehead atoms. The van der Waals surface area contributed by atoms with Crippen molar-refractivity contribution in [2.24, 2.45) is 5.73 Å². The number of halogens is 1. The number of primary amides is 1. The van der Waals surface area contributed by atoms with Gasteiger partial charge in [-0.25, -0.2) is 0 Å². The Kier molecular flexibility index (Phi) is 3.62. The van der Waals surface area contributed by atoms with E-state index in [4.69, 9.17) is 5.73 Å². The minimum absolute atomic E-state index is 0.444. The summed E-state index contributed by atoms with van der Waals surface area (Å²) in [6, 6.07) is 6.60. The van der Waals surface area contributed by atoms with Crippen LogP contribution in [0.4, 0.5) is 0 Å². The fourth-order valence-electron chi connectivity index (χ4n) is 0.998. The Morgan fingerprint density at radius 2 is 1.79 bits per heavy atom. The van der Waals surface area contributed by atoms with Gasteiger partial charge in [0.25, 0.3) is 0 Å². The van der Waals surface area contributed by atoms with Crippen molar-refractivity contribution in [3.8, 4) is 0 Å². The maximum Gasteiger partial charge on any atom is 0.249 e. The second-order valence-corrected chi connectivity index (χ2v) is 3.76. The standard InChI is InChI=1S/C9H10BrNO3/c10-6-3-1-5(2-4-6)7(12)8(13)9(11)14/h1-4,7-8,12-13H,(H2,11,14). The normalized spacial score (nSPS) is 14.8. The first-order valence-corrected chi connectivity index (χ1v) is 4.72. The Morgan fingerprint density at radius 3 is 2.21 bits per heavy atom. The summed E-state index contributed by atoms with van der Waals surface area (Å²) in [5.41, 5.74) is 5.29. The zero-order valence-corrected chi connectivity index (χ0v) is 8.81. The molecule has 0 saturated carbocycles. The number of carbonyl (C=O) groups is 1. The van der Waals surface area contributed by atoms with Crippen LogP contribution in [-0.2, 0) is 4.79 Å². The van der Waals surface area contributed by atoms with Crippen LogP contribution in [0, 0.1) is 0 Å². The maximum atomic E-state index is 10.6. The van der Waals surface area contributed by atoms with Crippen molar-refractivity contribution in [2.75, 3.05) is 0 Å². The Morgan fingerprint density at radius 1 is 1.29 bits per heavy atom. The second-order valence-electron chi connectivity index (χ2n) is 2.84. The predicted molar refractivity (Wildman–Crippen MR) is 54.3 cm³/mol. The van der Waals surface area contributed by atoms with E-state index in [9.17, 15) is 15.0 Å². The van der Waals surface area contributed by atoms with Gasteiger partial charge in [0.1, 0.15) is 6.10 Å². The van der Waals surface area contributed by atoms with Crippen molar-refractivity contribution in [3.05, 3.63) is 34.3 Å². The monoisotopic (exact) mass is 259 g/mol. The summed E-state index contributed by atoms with van der Waals surface area (Å²) >= 11 is 3.22. The van der Waals surface area contributed by atoms with Crippen molar-refractivity contribution in [1.82, 2.24) is 0 Å². The molecule has 5 heteroatoms. The molecular formula is C9H10BrNO3. The Balaban J connectivity index is 2.84. The molecular weight excluding hydrogens is 250 g/mol. The van der Waals surface area contributed by atoms with Gasteiger partial charge in [-0.1, -0.05) is 28.1 Å². The van der Waals surface area contributed by atoms with E-state index in [2.05, 4.69) is 15.9 Å². The zero-order valence-electron chi connectivity index (χ0n) is 7.22. The van der Waals surface area contributed by atoms with E-state index in [1.165, 1.54) is 0 Å². The van der Waals surface area contributed by atoms with Gasteiger partial charge in [0.05, 0.1) is 0 Å². The summed E-state index contributed by atoms with van der Waals surface area (Å²) < 4.78 is 0.849. The van der Waals surface area contributed by atoms with Crippen molar-refractivity contribution in [2.45, 2.75) is 12.2 Å². The highest BCUT2D eigenvalue weighted by Gasteiger charge is 2.22. The third-order valence-electron chi connectivity index (χ3n) is 1.80. The van der Waals surface area contributed by atoms with Gasteiger partial charge in [-0.3, -0.25) is 4.79 Å². The number of aliphatic hydroxyl groups excluding tert-OH is 2. The molecule has 2 atom stereocenters. The highest BCUT2D eigenvalue weighted by molar-refractivity contribution is 9.10. The summed E-state index contributed by atoms with van der Waals surface area (Å²) in [6.45, 7) is 0. The summed E-state index contributed by atoms with van der Waals surface area (Å²) in [5, 5.41) is 18.7. The number of nitrogens with two attached hydrogens (primary N) is 1. The molecule has 0 saturated heterocycles. The van der Waals surface area contributed by atoms with Crippen molar-refractivity contribution in [3.63, 3.8) is 0 Å². The van der Waals surface area contributed by atoms with E-state index >= 15 is 0 Å². The Labute approximate surface area is 89.5 Å². The molecule has 1 aromatic rings. The Bertz CT molecular complexity index is 325. The van der Waals surface area contributed by atoms with E-state index in [0.29, 0.717) is 5.56 Å². The number of hydrogen-bond acceptors (Lipinski definition) is 3. The largest absolute Gasteiger partial charge is 0.385 e. The van der Waals surface area contributed by atoms with Crippen LogP contribution in [-0.4, -0.2) is 22.2 Å². The maximum absolute atomic E-state index is 10.6. The molecule has 14 heavy (non-hydrogen) atoms. The summed E-state index contributed by atoms with van der Waals surface area (Å²) in [4.78, 5) is 10.6. The van der Waals surface area contributed by atoms with E-state index in [0.717, 1.165) is 4.47 Å². The van der Waals surface area contributed by atoms with Crippen LogP contribution in [0.25, 0.3) is 0 Å². The van der Waals surface area contributed by atoms with Crippen LogP contribution in [0.1, 0.15) is 11.7 Å². The molecule has 0 aliphatic carbocycles. The van der Waals surface area contributed by atoms with Gasteiger partial charge in [-0.15, -0.1) is 0 Å². The molecule has 4 N–H and O–H groups in total. The highest BCUT2D eigenvalue weighted by Crippen LogP contribution is 2.19. The van der Waals surface area contributed by atoms with Crippen LogP contribution >= 0.6 is 15.9 Å². The molecule has 0 fully saturated rings. The molecule has 76 valence electrons. The van der Waals surface area contributed by atoms with Gasteiger partial charge in [0.2, 0.25) is 5.91 Å². The smallest absolute Gasteiger partial charge is 0.249 e. The van der Waals surface area contributed by atoms with Gasteiger partial charge in [0, 0.05) is 4.47 Å². The van der Waals surface area contributed by atoms with Crippen LogP contribution in [0.5, 0.6) is 0 Å². The lowest BCUT2D eigenvalue weighted by molar-refractivity contribution is -0.131. The van der Waals surface area contributed by atoms with Crippen LogP contribution in [0.2, 0.25) is 0 Å². The van der Waals surface area contributed by atoms with Crippen LogP contribution < -0.4 is 5.73 Å². The highest BCUT2D eigenvalue weighted by atomic mass is 79.9. The quantitative estimate of drug-likeness (QED) is 0.732. The molecule has 1 rings (SSSR count). The minimum atomic E-state index is -1.57. The zero-order chi connectivity index (χ0) is 10.7. The van der Waals surface area contributed by atoms with E-state index < -0.39 is 18.1 Å². The van der Waals surface area contributed by atoms with E-state index in [1.807, 2.05) is 0 Å². The van der Waals surface area contributed by atoms with Gasteiger partial charge >= 0.3 is 0 Å². The molecule has 0 heterocycles. The van der Waals surface area contributed by atoms with Crippen molar-refractivity contribution >= 4 is 21.8 Å². The molecule has 0 aliphatic rings. The first kappa shape index (κ1) is 11.2. The summed E-state index contributed by atoms with van der Waals surface area (Å²) in [5.74, 6) is -0.944. The van der Waals surface area contributed by atoms with Gasteiger partial charge in [-0.05, 0) is 17.7 Å². The molecule has 1 aromatic carbocycles. The topological polar surface area (TPSA) is 83.6 Å². The van der Waals surface area contributed by atoms with E-state index in [-0.39, 0.29) is 0 Å². The number of hydrogen-bond donors (Lipinski definition) is 3. The molecule has 0 aromatic heterocycles. The summed E-state index contributed by atoms with van der Waals surface area (Å²) in [7, 11) is 0. The fraction of sp³-hybridized carbons (Fsp3) is 0.222. The lowest BCUT2D eigenvalue weighted by Crippen LogP contribution is -2.33. The number of benzene rings is 1. The van der Waals surface area contributed by atoms with Crippen LogP contribution in [0.3, 0.4) is 0 Å². The van der Waals surface area contributed by atoms with Crippen LogP contribution in [0.15, 0.2) is 28.7 Å². The third-order valence-corrected chi connectivity index (χ3v) is 2.33. The predicted octanol–water partition coefficient (Wildman–Crippen LogP) is 0.329. The number of carbonyl (C=O) groups excluding carboxylic acids is 1. The SMILES string of the molecule is NC(=O)C(O)C(O)c1ccc(Br)cc1. The minimum Gasteiger partial charge on any atom is -0.385 e. The van der Waals surface area contributed by atoms with E-state index in [1.54, 1.807) is 24.3 Å². The van der Waals surface area contributed by atoms with Gasteiger partial charge in [0.15, 0.2) is 6.10 Å². The molecule has 2 unspecified atom stereocenters. The number of rotatable bonds is 3. The third kappa shape index (κ3) is 2.54. The van der Waals surface area contributed by atoms with Crippen molar-refractivity contribution < 1.29 is 15.0 Å². The average molecular weight is 260 g/mol. The molecule has 1 amide bonds. The number of aliphatic hydroxyl groups is 2. The lowest BCUT2D eigenvalue weighted by atomic mass is 10.0. The van der Waals surface area contributed by atoms with Gasteiger partial charge < -0.3 is 15.9 Å². The second kappa shape index (κ2) is 4.54. The average Bonchev–Trinajstić information content (AvgIpc) is 2.16. The number of amides is 1.